The van der Waals surface area contributed by atoms with E-state index in [1.165, 1.54) is 0 Å². The van der Waals surface area contributed by atoms with Crippen molar-refractivity contribution in [2.75, 3.05) is 65.9 Å². The van der Waals surface area contributed by atoms with E-state index in [-0.39, 0.29) is 49.1 Å². The van der Waals surface area contributed by atoms with E-state index in [0.717, 1.165) is 19.3 Å². The lowest BCUT2D eigenvalue weighted by molar-refractivity contribution is -0.127. The van der Waals surface area contributed by atoms with Gasteiger partial charge in [-0.25, -0.2) is 0 Å². The van der Waals surface area contributed by atoms with Crippen LogP contribution in [0.1, 0.15) is 59.3 Å². The van der Waals surface area contributed by atoms with Crippen LogP contribution in [-0.4, -0.2) is 89.3 Å². The lowest BCUT2D eigenvalue weighted by Gasteiger charge is -2.09. The fourth-order valence-electron chi connectivity index (χ4n) is 2.69. The van der Waals surface area contributed by atoms with Crippen molar-refractivity contribution in [3.63, 3.8) is 0 Å². The van der Waals surface area contributed by atoms with Crippen LogP contribution >= 0.6 is 0 Å². The van der Waals surface area contributed by atoms with E-state index in [2.05, 4.69) is 10.6 Å². The zero-order valence-corrected chi connectivity index (χ0v) is 21.2. The standard InChI is InChI=1S/C24H44N2O8/c1-4-22(28)9-7-12-31-14-16-33-19-24(30)26-11-13-32-15-17-34-18-23(29)25-10-6-5-8-20(2)21(3)27/h20H,4-19H2,1-3H3,(H,25,29)(H,26,30)/t20-/m0/s1. The Kier molecular flexibility index (Phi) is 21.6. The maximum Gasteiger partial charge on any atom is 0.246 e. The van der Waals surface area contributed by atoms with Crippen LogP contribution in [0, 0.1) is 5.92 Å². The third kappa shape index (κ3) is 21.9. The van der Waals surface area contributed by atoms with E-state index < -0.39 is 0 Å². The van der Waals surface area contributed by atoms with Crippen LogP contribution in [-0.2, 0) is 38.1 Å². The molecule has 0 aliphatic carbocycles. The molecule has 0 saturated carbocycles. The number of carbonyl (C=O) groups excluding carboxylic acids is 4. The summed E-state index contributed by atoms with van der Waals surface area (Å²) in [7, 11) is 0. The molecule has 0 rings (SSSR count). The summed E-state index contributed by atoms with van der Waals surface area (Å²) in [5, 5.41) is 5.46. The van der Waals surface area contributed by atoms with Gasteiger partial charge in [-0.2, -0.15) is 0 Å². The molecule has 0 aromatic heterocycles. The van der Waals surface area contributed by atoms with Crippen molar-refractivity contribution < 1.29 is 38.1 Å². The molecule has 0 aliphatic heterocycles. The van der Waals surface area contributed by atoms with Crippen LogP contribution in [0.15, 0.2) is 0 Å². The molecular formula is C24H44N2O8. The maximum absolute atomic E-state index is 11.7. The highest BCUT2D eigenvalue weighted by molar-refractivity contribution is 5.78. The smallest absolute Gasteiger partial charge is 0.246 e. The van der Waals surface area contributed by atoms with Gasteiger partial charge in [0.15, 0.2) is 0 Å². The molecule has 0 aromatic carbocycles. The first-order valence-corrected chi connectivity index (χ1v) is 12.2. The first-order chi connectivity index (χ1) is 16.4. The molecule has 34 heavy (non-hydrogen) atoms. The number of ketones is 2. The van der Waals surface area contributed by atoms with Crippen molar-refractivity contribution in [2.24, 2.45) is 5.92 Å². The largest absolute Gasteiger partial charge is 0.379 e. The monoisotopic (exact) mass is 488 g/mol. The second-order valence-corrected chi connectivity index (χ2v) is 8.03. The molecule has 1 atom stereocenters. The van der Waals surface area contributed by atoms with Gasteiger partial charge in [0.05, 0.1) is 33.0 Å². The second-order valence-electron chi connectivity index (χ2n) is 8.03. The van der Waals surface area contributed by atoms with Crippen LogP contribution in [0.2, 0.25) is 0 Å². The van der Waals surface area contributed by atoms with Gasteiger partial charge in [0.1, 0.15) is 24.8 Å². The number of ether oxygens (including phenoxy) is 4. The summed E-state index contributed by atoms with van der Waals surface area (Å²) in [4.78, 5) is 45.6. The molecule has 0 saturated heterocycles. The molecular weight excluding hydrogens is 444 g/mol. The Balaban J connectivity index is 3.35. The number of nitrogens with one attached hydrogen (secondary N) is 2. The molecule has 198 valence electrons. The van der Waals surface area contributed by atoms with Gasteiger partial charge >= 0.3 is 0 Å². The molecule has 0 fully saturated rings. The maximum atomic E-state index is 11.7. The Morgan fingerprint density at radius 3 is 1.85 bits per heavy atom. The zero-order chi connectivity index (χ0) is 25.4. The summed E-state index contributed by atoms with van der Waals surface area (Å²) >= 11 is 0. The summed E-state index contributed by atoms with van der Waals surface area (Å²) in [5.41, 5.74) is 0. The summed E-state index contributed by atoms with van der Waals surface area (Å²) in [6.07, 6.45) is 4.37. The molecule has 0 heterocycles. The molecule has 0 aromatic rings. The lowest BCUT2D eigenvalue weighted by Crippen LogP contribution is -2.31. The molecule has 2 N–H and O–H groups in total. The van der Waals surface area contributed by atoms with Crippen LogP contribution in [0.4, 0.5) is 0 Å². The molecule has 2 amide bonds. The van der Waals surface area contributed by atoms with E-state index in [1.54, 1.807) is 6.92 Å². The highest BCUT2D eigenvalue weighted by atomic mass is 16.5. The minimum atomic E-state index is -0.235. The van der Waals surface area contributed by atoms with E-state index in [0.29, 0.717) is 65.4 Å². The summed E-state index contributed by atoms with van der Waals surface area (Å²) in [6, 6.07) is 0. The van der Waals surface area contributed by atoms with Gasteiger partial charge in [0.2, 0.25) is 11.8 Å². The van der Waals surface area contributed by atoms with Crippen molar-refractivity contribution in [1.82, 2.24) is 10.6 Å². The second kappa shape index (κ2) is 22.9. The number of rotatable bonds is 24. The van der Waals surface area contributed by atoms with Gasteiger partial charge in [-0.15, -0.1) is 0 Å². The summed E-state index contributed by atoms with van der Waals surface area (Å²) < 4.78 is 21.2. The Morgan fingerprint density at radius 1 is 0.706 bits per heavy atom. The molecule has 0 unspecified atom stereocenters. The van der Waals surface area contributed by atoms with Crippen molar-refractivity contribution in [3.05, 3.63) is 0 Å². The van der Waals surface area contributed by atoms with Gasteiger partial charge in [-0.3, -0.25) is 19.2 Å². The molecule has 10 nitrogen and oxygen atoms in total. The van der Waals surface area contributed by atoms with Crippen LogP contribution in [0.25, 0.3) is 0 Å². The quantitative estimate of drug-likeness (QED) is 0.195. The van der Waals surface area contributed by atoms with Gasteiger partial charge in [-0.05, 0) is 26.2 Å². The lowest BCUT2D eigenvalue weighted by atomic mass is 10.0. The third-order valence-corrected chi connectivity index (χ3v) is 5.00. The molecule has 0 bridgehead atoms. The number of hydrogen-bond donors (Lipinski definition) is 2. The van der Waals surface area contributed by atoms with Gasteiger partial charge < -0.3 is 29.6 Å². The number of amides is 2. The van der Waals surface area contributed by atoms with Crippen LogP contribution in [0.3, 0.4) is 0 Å². The van der Waals surface area contributed by atoms with Crippen molar-refractivity contribution in [1.29, 1.82) is 0 Å². The van der Waals surface area contributed by atoms with E-state index in [9.17, 15) is 19.2 Å². The third-order valence-electron chi connectivity index (χ3n) is 5.00. The van der Waals surface area contributed by atoms with Gasteiger partial charge in [-0.1, -0.05) is 20.3 Å². The average molecular weight is 489 g/mol. The van der Waals surface area contributed by atoms with Crippen molar-refractivity contribution in [2.45, 2.75) is 59.3 Å². The normalized spacial score (nSPS) is 11.7. The number of hydrogen-bond acceptors (Lipinski definition) is 8. The van der Waals surface area contributed by atoms with Gasteiger partial charge in [0, 0.05) is 38.5 Å². The van der Waals surface area contributed by atoms with E-state index in [1.807, 2.05) is 13.8 Å². The number of unbranched alkanes of at least 4 members (excludes halogenated alkanes) is 1. The Morgan fingerprint density at radius 2 is 1.26 bits per heavy atom. The van der Waals surface area contributed by atoms with Crippen LogP contribution in [0.5, 0.6) is 0 Å². The Bertz CT molecular complexity index is 571. The molecule has 10 heteroatoms. The highest BCUT2D eigenvalue weighted by Crippen LogP contribution is 2.07. The summed E-state index contributed by atoms with van der Waals surface area (Å²) in [6.45, 7) is 8.36. The van der Waals surface area contributed by atoms with E-state index >= 15 is 0 Å². The molecule has 0 aliphatic rings. The topological polar surface area (TPSA) is 129 Å². The summed E-state index contributed by atoms with van der Waals surface area (Å²) in [5.74, 6) is 0.0918. The molecule has 0 radical (unpaired) electrons. The predicted molar refractivity (Wildman–Crippen MR) is 128 cm³/mol. The minimum Gasteiger partial charge on any atom is -0.379 e. The Labute approximate surface area is 203 Å². The van der Waals surface area contributed by atoms with Gasteiger partial charge in [0.25, 0.3) is 0 Å². The van der Waals surface area contributed by atoms with E-state index in [4.69, 9.17) is 18.9 Å². The first kappa shape index (κ1) is 32.1. The molecule has 0 spiro atoms. The predicted octanol–water partition coefficient (Wildman–Crippen LogP) is 1.44. The van der Waals surface area contributed by atoms with Crippen LogP contribution < -0.4 is 10.6 Å². The fraction of sp³-hybridized carbons (Fsp3) is 0.833. The number of Topliss-reactive ketones (excluding diaryl/α,β-unsaturated/α-hetero) is 2. The fourth-order valence-corrected chi connectivity index (χ4v) is 2.69. The SMILES string of the molecule is CCC(=O)CCCOCCOCC(=O)NCCOCCOCC(=O)NCCCC[C@H](C)C(C)=O. The average Bonchev–Trinajstić information content (AvgIpc) is 2.81. The number of carbonyl (C=O) groups is 4. The Hall–Kier alpha value is -1.88. The highest BCUT2D eigenvalue weighted by Gasteiger charge is 2.07. The zero-order valence-electron chi connectivity index (χ0n) is 21.2. The van der Waals surface area contributed by atoms with Crippen molar-refractivity contribution >= 4 is 23.4 Å². The first-order valence-electron chi connectivity index (χ1n) is 12.2. The van der Waals surface area contributed by atoms with Crippen molar-refractivity contribution in [3.8, 4) is 0 Å². The minimum absolute atomic E-state index is 0.0259.